The summed E-state index contributed by atoms with van der Waals surface area (Å²) in [5, 5.41) is 0. The van der Waals surface area contributed by atoms with Crippen LogP contribution in [-0.2, 0) is 4.74 Å². The van der Waals surface area contributed by atoms with E-state index in [9.17, 15) is 4.79 Å². The van der Waals surface area contributed by atoms with Crippen molar-refractivity contribution in [2.75, 3.05) is 6.61 Å². The lowest BCUT2D eigenvalue weighted by Crippen LogP contribution is -2.04. The van der Waals surface area contributed by atoms with Crippen molar-refractivity contribution < 1.29 is 18.7 Å². The van der Waals surface area contributed by atoms with Gasteiger partial charge in [0.1, 0.15) is 12.0 Å². The van der Waals surface area contributed by atoms with E-state index in [0.717, 1.165) is 5.56 Å². The van der Waals surface area contributed by atoms with Gasteiger partial charge in [0.15, 0.2) is 5.69 Å². The molecule has 106 valence electrons. The van der Waals surface area contributed by atoms with Crippen molar-refractivity contribution in [1.29, 1.82) is 0 Å². The Morgan fingerprint density at radius 1 is 1.40 bits per heavy atom. The molecule has 0 bridgehead atoms. The Morgan fingerprint density at radius 3 is 2.90 bits per heavy atom. The van der Waals surface area contributed by atoms with Gasteiger partial charge in [0.05, 0.1) is 6.61 Å². The van der Waals surface area contributed by atoms with Crippen molar-refractivity contribution in [3.05, 3.63) is 41.8 Å². The number of aromatic nitrogens is 1. The Bertz CT molecular complexity index is 589. The molecule has 0 amide bonds. The third kappa shape index (κ3) is 3.38. The maximum atomic E-state index is 11.5. The summed E-state index contributed by atoms with van der Waals surface area (Å²) in [6, 6.07) is 7.65. The van der Waals surface area contributed by atoms with Crippen LogP contribution >= 0.6 is 0 Å². The van der Waals surface area contributed by atoms with Crippen LogP contribution in [0.3, 0.4) is 0 Å². The number of benzene rings is 1. The topological polar surface area (TPSA) is 61.6 Å². The molecule has 5 nitrogen and oxygen atoms in total. The van der Waals surface area contributed by atoms with E-state index in [0.29, 0.717) is 11.7 Å². The molecule has 0 saturated heterocycles. The summed E-state index contributed by atoms with van der Waals surface area (Å²) in [5.74, 6) is 0.494. The molecule has 0 atom stereocenters. The first-order valence-corrected chi connectivity index (χ1v) is 6.50. The molecule has 1 heterocycles. The Labute approximate surface area is 117 Å². The molecule has 0 N–H and O–H groups in total. The Kier molecular flexibility index (Phi) is 4.40. The van der Waals surface area contributed by atoms with Gasteiger partial charge in [0.2, 0.25) is 0 Å². The van der Waals surface area contributed by atoms with Gasteiger partial charge in [0.25, 0.3) is 0 Å². The number of carbonyl (C=O) groups excluding carboxylic acids is 1. The van der Waals surface area contributed by atoms with Gasteiger partial charge in [-0.15, -0.1) is 0 Å². The van der Waals surface area contributed by atoms with Crippen LogP contribution in [0.15, 0.2) is 34.9 Å². The molecule has 2 rings (SSSR count). The summed E-state index contributed by atoms with van der Waals surface area (Å²) in [5.41, 5.74) is 1.25. The van der Waals surface area contributed by atoms with E-state index < -0.39 is 5.97 Å². The highest BCUT2D eigenvalue weighted by Gasteiger charge is 2.14. The number of rotatable bonds is 5. The fraction of sp³-hybridized carbons (Fsp3) is 0.333. The number of hydrogen-bond donors (Lipinski definition) is 0. The fourth-order valence-corrected chi connectivity index (χ4v) is 1.64. The molecule has 0 aliphatic heterocycles. The number of esters is 1. The van der Waals surface area contributed by atoms with Crippen molar-refractivity contribution in [2.45, 2.75) is 26.7 Å². The zero-order chi connectivity index (χ0) is 14.5. The van der Waals surface area contributed by atoms with Crippen molar-refractivity contribution in [2.24, 2.45) is 0 Å². The molecule has 0 aliphatic rings. The van der Waals surface area contributed by atoms with E-state index in [1.54, 1.807) is 13.0 Å². The van der Waals surface area contributed by atoms with Crippen LogP contribution in [0, 0.1) is 0 Å². The maximum Gasteiger partial charge on any atom is 0.399 e. The van der Waals surface area contributed by atoms with Gasteiger partial charge >= 0.3 is 12.0 Å². The molecule has 0 saturated carbocycles. The van der Waals surface area contributed by atoms with Crippen LogP contribution in [-0.4, -0.2) is 17.6 Å². The van der Waals surface area contributed by atoms with E-state index in [2.05, 4.69) is 18.8 Å². The zero-order valence-electron chi connectivity index (χ0n) is 11.8. The van der Waals surface area contributed by atoms with Crippen LogP contribution < -0.4 is 4.74 Å². The summed E-state index contributed by atoms with van der Waals surface area (Å²) in [6.07, 6.45) is 1.24. The number of ether oxygens (including phenoxy) is 2. The zero-order valence-corrected chi connectivity index (χ0v) is 11.8. The summed E-state index contributed by atoms with van der Waals surface area (Å²) < 4.78 is 15.4. The predicted octanol–water partition coefficient (Wildman–Crippen LogP) is 3.77. The second-order valence-corrected chi connectivity index (χ2v) is 4.55. The monoisotopic (exact) mass is 275 g/mol. The van der Waals surface area contributed by atoms with Gasteiger partial charge in [-0.05, 0) is 30.5 Å². The SMILES string of the molecule is CCOC(=O)c1coc(Oc2cccc(C(C)C)c2)n1. The minimum absolute atomic E-state index is 0.0222. The van der Waals surface area contributed by atoms with Crippen LogP contribution in [0.5, 0.6) is 11.8 Å². The quantitative estimate of drug-likeness (QED) is 0.777. The van der Waals surface area contributed by atoms with E-state index in [1.807, 2.05) is 18.2 Å². The highest BCUT2D eigenvalue weighted by atomic mass is 16.6. The molecular weight excluding hydrogens is 258 g/mol. The van der Waals surface area contributed by atoms with Gasteiger partial charge in [-0.2, -0.15) is 4.98 Å². The summed E-state index contributed by atoms with van der Waals surface area (Å²) >= 11 is 0. The first kappa shape index (κ1) is 14.1. The third-order valence-corrected chi connectivity index (χ3v) is 2.70. The summed E-state index contributed by atoms with van der Waals surface area (Å²) in [6.45, 7) is 6.22. The normalized spacial score (nSPS) is 10.6. The second kappa shape index (κ2) is 6.23. The predicted molar refractivity (Wildman–Crippen MR) is 73.1 cm³/mol. The van der Waals surface area contributed by atoms with E-state index in [-0.39, 0.29) is 18.4 Å². The number of carbonyl (C=O) groups is 1. The molecule has 0 aliphatic carbocycles. The van der Waals surface area contributed by atoms with Crippen LogP contribution in [0.4, 0.5) is 0 Å². The molecule has 5 heteroatoms. The highest BCUT2D eigenvalue weighted by Crippen LogP contribution is 2.24. The molecule has 20 heavy (non-hydrogen) atoms. The Morgan fingerprint density at radius 2 is 2.20 bits per heavy atom. The first-order chi connectivity index (χ1) is 9.60. The molecule has 1 aromatic heterocycles. The minimum atomic E-state index is -0.526. The fourth-order valence-electron chi connectivity index (χ4n) is 1.64. The van der Waals surface area contributed by atoms with E-state index in [4.69, 9.17) is 13.9 Å². The van der Waals surface area contributed by atoms with Crippen molar-refractivity contribution in [1.82, 2.24) is 4.98 Å². The van der Waals surface area contributed by atoms with Gasteiger partial charge in [-0.25, -0.2) is 4.79 Å². The third-order valence-electron chi connectivity index (χ3n) is 2.70. The standard InChI is InChI=1S/C15H17NO4/c1-4-18-14(17)13-9-19-15(16-13)20-12-7-5-6-11(8-12)10(2)3/h5-10H,4H2,1-3H3. The molecule has 0 unspecified atom stereocenters. The summed E-state index contributed by atoms with van der Waals surface area (Å²) in [7, 11) is 0. The largest absolute Gasteiger partial charge is 0.461 e. The lowest BCUT2D eigenvalue weighted by molar-refractivity contribution is 0.0519. The van der Waals surface area contributed by atoms with Crippen molar-refractivity contribution in [3.63, 3.8) is 0 Å². The highest BCUT2D eigenvalue weighted by molar-refractivity contribution is 5.86. The molecule has 0 fully saturated rings. The lowest BCUT2D eigenvalue weighted by Gasteiger charge is -2.07. The molecule has 2 aromatic rings. The van der Waals surface area contributed by atoms with Crippen LogP contribution in [0.25, 0.3) is 0 Å². The van der Waals surface area contributed by atoms with Gasteiger partial charge < -0.3 is 13.9 Å². The average molecular weight is 275 g/mol. The number of hydrogen-bond acceptors (Lipinski definition) is 5. The van der Waals surface area contributed by atoms with Gasteiger partial charge in [-0.1, -0.05) is 26.0 Å². The Balaban J connectivity index is 2.10. The molecule has 0 spiro atoms. The minimum Gasteiger partial charge on any atom is -0.461 e. The first-order valence-electron chi connectivity index (χ1n) is 6.50. The smallest absolute Gasteiger partial charge is 0.399 e. The van der Waals surface area contributed by atoms with Gasteiger partial charge in [-0.3, -0.25) is 0 Å². The second-order valence-electron chi connectivity index (χ2n) is 4.55. The average Bonchev–Trinajstić information content (AvgIpc) is 2.88. The lowest BCUT2D eigenvalue weighted by atomic mass is 10.0. The van der Waals surface area contributed by atoms with E-state index in [1.165, 1.54) is 6.26 Å². The maximum absolute atomic E-state index is 11.5. The van der Waals surface area contributed by atoms with Gasteiger partial charge in [0, 0.05) is 0 Å². The van der Waals surface area contributed by atoms with Crippen molar-refractivity contribution >= 4 is 5.97 Å². The van der Waals surface area contributed by atoms with Crippen LogP contribution in [0.2, 0.25) is 0 Å². The number of oxazole rings is 1. The number of nitrogens with zero attached hydrogens (tertiary/aromatic N) is 1. The van der Waals surface area contributed by atoms with Crippen LogP contribution in [0.1, 0.15) is 42.7 Å². The van der Waals surface area contributed by atoms with E-state index >= 15 is 0 Å². The Hall–Kier alpha value is -2.30. The van der Waals surface area contributed by atoms with Crippen molar-refractivity contribution in [3.8, 4) is 11.8 Å². The molecular formula is C15H17NO4. The molecule has 0 radical (unpaired) electrons. The summed E-state index contributed by atoms with van der Waals surface area (Å²) in [4.78, 5) is 15.4. The molecule has 1 aromatic carbocycles.